The quantitative estimate of drug-likeness (QED) is 0.787. The predicted octanol–water partition coefficient (Wildman–Crippen LogP) is 1.80. The van der Waals surface area contributed by atoms with E-state index in [1.54, 1.807) is 0 Å². The number of nitrogens with one attached hydrogen (secondary N) is 2. The van der Waals surface area contributed by atoms with E-state index in [1.807, 2.05) is 0 Å². The largest absolute Gasteiger partial charge is 0.355 e. The molecule has 1 amide bonds. The second-order valence-corrected chi connectivity index (χ2v) is 5.15. The van der Waals surface area contributed by atoms with Crippen LogP contribution in [-0.2, 0) is 4.79 Å². The number of Topliss-reactive ketones (excluding diaryl/α,β-unsaturated/α-hetero) is 1. The summed E-state index contributed by atoms with van der Waals surface area (Å²) in [5, 5.41) is 6.02. The standard InChI is InChI=1S/C15H18F2N2O2/c16-12-4-3-10(8-13(12)17)14(20)5-6-15(21)19-9-11-2-1-7-18-11/h3-4,8,11,18H,1-2,5-7,9H2,(H,19,21). The molecule has 6 heteroatoms. The van der Waals surface area contributed by atoms with Crippen LogP contribution in [0.1, 0.15) is 36.0 Å². The van der Waals surface area contributed by atoms with E-state index in [4.69, 9.17) is 0 Å². The first kappa shape index (κ1) is 15.6. The molecule has 0 saturated carbocycles. The van der Waals surface area contributed by atoms with Crippen molar-refractivity contribution >= 4 is 11.7 Å². The monoisotopic (exact) mass is 296 g/mol. The summed E-state index contributed by atoms with van der Waals surface area (Å²) < 4.78 is 25.8. The lowest BCUT2D eigenvalue weighted by atomic mass is 10.1. The fourth-order valence-corrected chi connectivity index (χ4v) is 2.30. The molecule has 1 heterocycles. The molecule has 114 valence electrons. The SMILES string of the molecule is O=C(CCC(=O)c1ccc(F)c(F)c1)NCC1CCCN1. The summed E-state index contributed by atoms with van der Waals surface area (Å²) >= 11 is 0. The van der Waals surface area contributed by atoms with Crippen LogP contribution in [-0.4, -0.2) is 30.8 Å². The summed E-state index contributed by atoms with van der Waals surface area (Å²) in [6.45, 7) is 1.52. The van der Waals surface area contributed by atoms with Gasteiger partial charge in [-0.15, -0.1) is 0 Å². The van der Waals surface area contributed by atoms with Crippen LogP contribution in [0.25, 0.3) is 0 Å². The van der Waals surface area contributed by atoms with Crippen LogP contribution >= 0.6 is 0 Å². The summed E-state index contributed by atoms with van der Waals surface area (Å²) in [6.07, 6.45) is 2.17. The Bertz CT molecular complexity index is 528. The average Bonchev–Trinajstić information content (AvgIpc) is 2.98. The Kier molecular flexibility index (Phi) is 5.38. The third kappa shape index (κ3) is 4.60. The van der Waals surface area contributed by atoms with Crippen molar-refractivity contribution in [1.29, 1.82) is 0 Å². The maximum atomic E-state index is 13.0. The molecule has 1 aliphatic heterocycles. The third-order valence-corrected chi connectivity index (χ3v) is 3.53. The fourth-order valence-electron chi connectivity index (χ4n) is 2.30. The summed E-state index contributed by atoms with van der Waals surface area (Å²) in [6, 6.07) is 3.30. The molecule has 1 aromatic carbocycles. The van der Waals surface area contributed by atoms with E-state index in [2.05, 4.69) is 10.6 Å². The lowest BCUT2D eigenvalue weighted by Gasteiger charge is -2.11. The minimum absolute atomic E-state index is 0.0188. The van der Waals surface area contributed by atoms with E-state index in [0.717, 1.165) is 31.5 Å². The molecule has 1 aliphatic rings. The molecule has 1 unspecified atom stereocenters. The maximum absolute atomic E-state index is 13.0. The van der Waals surface area contributed by atoms with E-state index in [1.165, 1.54) is 6.07 Å². The first-order valence-electron chi connectivity index (χ1n) is 7.04. The molecule has 21 heavy (non-hydrogen) atoms. The molecule has 1 aromatic rings. The number of halogens is 2. The van der Waals surface area contributed by atoms with Crippen molar-refractivity contribution < 1.29 is 18.4 Å². The zero-order chi connectivity index (χ0) is 15.2. The zero-order valence-electron chi connectivity index (χ0n) is 11.6. The number of benzene rings is 1. The highest BCUT2D eigenvalue weighted by atomic mass is 19.2. The average molecular weight is 296 g/mol. The van der Waals surface area contributed by atoms with Crippen molar-refractivity contribution in [3.63, 3.8) is 0 Å². The van der Waals surface area contributed by atoms with E-state index >= 15 is 0 Å². The Hall–Kier alpha value is -1.82. The van der Waals surface area contributed by atoms with Crippen LogP contribution in [0.4, 0.5) is 8.78 Å². The second kappa shape index (κ2) is 7.26. The molecule has 1 saturated heterocycles. The highest BCUT2D eigenvalue weighted by Gasteiger charge is 2.16. The molecule has 0 spiro atoms. The topological polar surface area (TPSA) is 58.2 Å². The molecule has 0 aromatic heterocycles. The van der Waals surface area contributed by atoms with Gasteiger partial charge < -0.3 is 10.6 Å². The maximum Gasteiger partial charge on any atom is 0.220 e. The van der Waals surface area contributed by atoms with Gasteiger partial charge in [0.05, 0.1) is 0 Å². The predicted molar refractivity (Wildman–Crippen MR) is 74.0 cm³/mol. The van der Waals surface area contributed by atoms with E-state index in [9.17, 15) is 18.4 Å². The lowest BCUT2D eigenvalue weighted by molar-refractivity contribution is -0.121. The molecule has 0 aliphatic carbocycles. The van der Waals surface area contributed by atoms with Crippen LogP contribution in [0, 0.1) is 11.6 Å². The van der Waals surface area contributed by atoms with Crippen molar-refractivity contribution in [2.75, 3.05) is 13.1 Å². The van der Waals surface area contributed by atoms with Gasteiger partial charge >= 0.3 is 0 Å². The van der Waals surface area contributed by atoms with Crippen LogP contribution in [0.3, 0.4) is 0 Å². The Morgan fingerprint density at radius 3 is 2.71 bits per heavy atom. The van der Waals surface area contributed by atoms with Crippen molar-refractivity contribution in [1.82, 2.24) is 10.6 Å². The van der Waals surface area contributed by atoms with Crippen LogP contribution in [0.15, 0.2) is 18.2 Å². The smallest absolute Gasteiger partial charge is 0.220 e. The molecule has 2 rings (SSSR count). The minimum Gasteiger partial charge on any atom is -0.355 e. The second-order valence-electron chi connectivity index (χ2n) is 5.15. The zero-order valence-corrected chi connectivity index (χ0v) is 11.6. The summed E-state index contributed by atoms with van der Waals surface area (Å²) in [4.78, 5) is 23.4. The number of amides is 1. The van der Waals surface area contributed by atoms with Gasteiger partial charge in [-0.2, -0.15) is 0 Å². The van der Waals surface area contributed by atoms with E-state index < -0.39 is 11.6 Å². The Morgan fingerprint density at radius 1 is 1.24 bits per heavy atom. The van der Waals surface area contributed by atoms with Crippen molar-refractivity contribution in [2.24, 2.45) is 0 Å². The van der Waals surface area contributed by atoms with Gasteiger partial charge in [0.15, 0.2) is 17.4 Å². The van der Waals surface area contributed by atoms with Crippen molar-refractivity contribution in [3.8, 4) is 0 Å². The Labute approximate surface area is 121 Å². The van der Waals surface area contributed by atoms with Crippen molar-refractivity contribution in [3.05, 3.63) is 35.4 Å². The first-order chi connectivity index (χ1) is 10.1. The highest BCUT2D eigenvalue weighted by Crippen LogP contribution is 2.11. The van der Waals surface area contributed by atoms with Gasteiger partial charge in [-0.05, 0) is 37.6 Å². The van der Waals surface area contributed by atoms with Crippen LogP contribution < -0.4 is 10.6 Å². The Balaban J connectivity index is 1.74. The van der Waals surface area contributed by atoms with E-state index in [0.29, 0.717) is 12.6 Å². The van der Waals surface area contributed by atoms with E-state index in [-0.39, 0.29) is 30.1 Å². The first-order valence-corrected chi connectivity index (χ1v) is 7.04. The number of hydrogen-bond acceptors (Lipinski definition) is 3. The molecule has 2 N–H and O–H groups in total. The fraction of sp³-hybridized carbons (Fsp3) is 0.467. The van der Waals surface area contributed by atoms with Crippen LogP contribution in [0.2, 0.25) is 0 Å². The van der Waals surface area contributed by atoms with Gasteiger partial charge in [0.25, 0.3) is 0 Å². The Morgan fingerprint density at radius 2 is 2.05 bits per heavy atom. The molecular formula is C15H18F2N2O2. The summed E-state index contributed by atoms with van der Waals surface area (Å²) in [7, 11) is 0. The summed E-state index contributed by atoms with van der Waals surface area (Å²) in [5.41, 5.74) is 0.0826. The lowest BCUT2D eigenvalue weighted by Crippen LogP contribution is -2.37. The molecule has 0 bridgehead atoms. The van der Waals surface area contributed by atoms with Gasteiger partial charge in [0.2, 0.25) is 5.91 Å². The molecule has 1 fully saturated rings. The number of rotatable bonds is 6. The van der Waals surface area contributed by atoms with Gasteiger partial charge in [0.1, 0.15) is 0 Å². The van der Waals surface area contributed by atoms with Crippen molar-refractivity contribution in [2.45, 2.75) is 31.7 Å². The molecule has 4 nitrogen and oxygen atoms in total. The number of hydrogen-bond donors (Lipinski definition) is 2. The molecular weight excluding hydrogens is 278 g/mol. The number of carbonyl (C=O) groups is 2. The van der Waals surface area contributed by atoms with Gasteiger partial charge in [0, 0.05) is 31.0 Å². The number of carbonyl (C=O) groups excluding carboxylic acids is 2. The number of ketones is 1. The normalized spacial score (nSPS) is 17.7. The molecule has 1 atom stereocenters. The third-order valence-electron chi connectivity index (χ3n) is 3.53. The van der Waals surface area contributed by atoms with Gasteiger partial charge in [-0.1, -0.05) is 0 Å². The summed E-state index contributed by atoms with van der Waals surface area (Å²) in [5.74, 6) is -2.63. The highest BCUT2D eigenvalue weighted by molar-refractivity contribution is 5.97. The van der Waals surface area contributed by atoms with Gasteiger partial charge in [-0.25, -0.2) is 8.78 Å². The minimum atomic E-state index is -1.06. The van der Waals surface area contributed by atoms with Crippen LogP contribution in [0.5, 0.6) is 0 Å². The molecule has 0 radical (unpaired) electrons. The van der Waals surface area contributed by atoms with Gasteiger partial charge in [-0.3, -0.25) is 9.59 Å².